The van der Waals surface area contributed by atoms with E-state index in [1.165, 1.54) is 30.0 Å². The molecule has 2 aromatic carbocycles. The molecule has 2 aliphatic rings. The van der Waals surface area contributed by atoms with Crippen LogP contribution in [0.4, 0.5) is 25.8 Å². The number of halogens is 2. The summed E-state index contributed by atoms with van der Waals surface area (Å²) in [5.74, 6) is -1.31. The van der Waals surface area contributed by atoms with Gasteiger partial charge in [0.1, 0.15) is 17.6 Å². The van der Waals surface area contributed by atoms with E-state index in [4.69, 9.17) is 0 Å². The number of aromatic nitrogens is 1. The van der Waals surface area contributed by atoms with E-state index in [2.05, 4.69) is 15.3 Å². The number of hydrogen-bond acceptors (Lipinski definition) is 4. The average Bonchev–Trinajstić information content (AvgIpc) is 3.37. The third kappa shape index (κ3) is 3.79. The monoisotopic (exact) mass is 418 g/mol. The number of anilines is 2. The highest BCUT2D eigenvalue weighted by atomic mass is 19.1. The minimum Gasteiger partial charge on any atom is -0.369 e. The van der Waals surface area contributed by atoms with Gasteiger partial charge in [0, 0.05) is 49.4 Å². The molecule has 7 heteroatoms. The summed E-state index contributed by atoms with van der Waals surface area (Å²) >= 11 is 0. The van der Waals surface area contributed by atoms with E-state index in [1.54, 1.807) is 30.6 Å². The van der Waals surface area contributed by atoms with Crippen LogP contribution in [0.25, 0.3) is 0 Å². The molecule has 31 heavy (non-hydrogen) atoms. The Morgan fingerprint density at radius 3 is 2.74 bits per heavy atom. The normalized spacial score (nSPS) is 20.3. The van der Waals surface area contributed by atoms with Gasteiger partial charge in [-0.25, -0.2) is 8.78 Å². The number of carbonyl (C=O) groups is 1. The summed E-state index contributed by atoms with van der Waals surface area (Å²) in [5, 5.41) is 2.64. The van der Waals surface area contributed by atoms with Crippen molar-refractivity contribution < 1.29 is 13.6 Å². The van der Waals surface area contributed by atoms with Gasteiger partial charge in [-0.3, -0.25) is 14.8 Å². The highest BCUT2D eigenvalue weighted by molar-refractivity contribution is 6.12. The molecule has 156 valence electrons. The number of hydrogen-bond donors (Lipinski definition) is 1. The number of nitrogens with zero attached hydrogens (tertiary/aromatic N) is 3. The summed E-state index contributed by atoms with van der Waals surface area (Å²) < 4.78 is 28.2. The summed E-state index contributed by atoms with van der Waals surface area (Å²) in [7, 11) is 0. The third-order valence-corrected chi connectivity index (χ3v) is 5.90. The number of carbonyl (C=O) groups excluding carboxylic acids is 1. The first kappa shape index (κ1) is 19.4. The molecule has 2 aliphatic heterocycles. The Kier molecular flexibility index (Phi) is 4.94. The SMILES string of the molecule is O=C1Nc2cc(F)ccc2C1C=Nc1ccc(N2CCC(c3ccncc3)C2)c(F)c1. The Hall–Kier alpha value is -3.61. The van der Waals surface area contributed by atoms with E-state index in [1.807, 2.05) is 17.0 Å². The Morgan fingerprint density at radius 2 is 1.94 bits per heavy atom. The Balaban J connectivity index is 1.31. The van der Waals surface area contributed by atoms with E-state index in [0.717, 1.165) is 19.5 Å². The largest absolute Gasteiger partial charge is 0.369 e. The fraction of sp³-hybridized carbons (Fsp3) is 0.208. The number of aliphatic imine (C=N–C) groups is 1. The van der Waals surface area contributed by atoms with Gasteiger partial charge in [0.05, 0.1) is 11.4 Å². The van der Waals surface area contributed by atoms with Gasteiger partial charge in [0.2, 0.25) is 5.91 Å². The molecule has 2 atom stereocenters. The highest BCUT2D eigenvalue weighted by Crippen LogP contribution is 2.34. The van der Waals surface area contributed by atoms with E-state index >= 15 is 0 Å². The summed E-state index contributed by atoms with van der Waals surface area (Å²) in [4.78, 5) is 22.6. The molecule has 0 aliphatic carbocycles. The molecule has 0 spiro atoms. The number of benzene rings is 2. The lowest BCUT2D eigenvalue weighted by Crippen LogP contribution is -2.20. The van der Waals surface area contributed by atoms with Crippen molar-refractivity contribution in [3.8, 4) is 0 Å². The van der Waals surface area contributed by atoms with Crippen LogP contribution >= 0.6 is 0 Å². The fourth-order valence-corrected chi connectivity index (χ4v) is 4.29. The lowest BCUT2D eigenvalue weighted by molar-refractivity contribution is -0.115. The van der Waals surface area contributed by atoms with Gasteiger partial charge in [-0.05, 0) is 53.9 Å². The standard InChI is InChI=1S/C24H20F2N4O/c25-17-1-3-19-20(24(31)29-22(19)11-17)13-28-18-2-4-23(21(26)12-18)30-10-7-16(14-30)15-5-8-27-9-6-15/h1-6,8-9,11-13,16,20H,7,10,14H2,(H,29,31). The van der Waals surface area contributed by atoms with Crippen LogP contribution in [0.5, 0.6) is 0 Å². The number of amides is 1. The van der Waals surface area contributed by atoms with Crippen LogP contribution in [0.15, 0.2) is 65.9 Å². The lowest BCUT2D eigenvalue weighted by Gasteiger charge is -2.19. The molecule has 1 aromatic heterocycles. The average molecular weight is 418 g/mol. The van der Waals surface area contributed by atoms with Gasteiger partial charge < -0.3 is 10.2 Å². The minimum atomic E-state index is -0.627. The molecule has 5 nitrogen and oxygen atoms in total. The molecule has 1 amide bonds. The Bertz CT molecular complexity index is 1170. The predicted octanol–water partition coefficient (Wildman–Crippen LogP) is 4.79. The zero-order valence-electron chi connectivity index (χ0n) is 16.6. The molecule has 1 N–H and O–H groups in total. The van der Waals surface area contributed by atoms with Crippen LogP contribution in [0.3, 0.4) is 0 Å². The smallest absolute Gasteiger partial charge is 0.237 e. The second-order valence-corrected chi connectivity index (χ2v) is 7.82. The Labute approximate surface area is 178 Å². The minimum absolute atomic E-state index is 0.277. The molecule has 0 saturated carbocycles. The van der Waals surface area contributed by atoms with Crippen molar-refractivity contribution in [3.63, 3.8) is 0 Å². The van der Waals surface area contributed by atoms with Crippen molar-refractivity contribution in [1.29, 1.82) is 0 Å². The van der Waals surface area contributed by atoms with Gasteiger partial charge in [-0.1, -0.05) is 6.07 Å². The molecule has 2 unspecified atom stereocenters. The van der Waals surface area contributed by atoms with Gasteiger partial charge in [-0.2, -0.15) is 0 Å². The molecule has 3 heterocycles. The fourth-order valence-electron chi connectivity index (χ4n) is 4.29. The van der Waals surface area contributed by atoms with Crippen molar-refractivity contribution in [1.82, 2.24) is 4.98 Å². The molecular formula is C24H20F2N4O. The van der Waals surface area contributed by atoms with Crippen LogP contribution in [-0.4, -0.2) is 30.2 Å². The number of fused-ring (bicyclic) bond motifs is 1. The van der Waals surface area contributed by atoms with Gasteiger partial charge in [-0.15, -0.1) is 0 Å². The highest BCUT2D eigenvalue weighted by Gasteiger charge is 2.29. The molecule has 0 radical (unpaired) electrons. The van der Waals surface area contributed by atoms with E-state index < -0.39 is 11.7 Å². The summed E-state index contributed by atoms with van der Waals surface area (Å²) in [6.45, 7) is 1.53. The van der Waals surface area contributed by atoms with Crippen LogP contribution in [0.2, 0.25) is 0 Å². The van der Waals surface area contributed by atoms with Crippen LogP contribution in [-0.2, 0) is 4.79 Å². The van der Waals surface area contributed by atoms with Crippen molar-refractivity contribution in [3.05, 3.63) is 83.7 Å². The summed E-state index contributed by atoms with van der Waals surface area (Å²) in [5.41, 5.74) is 3.30. The van der Waals surface area contributed by atoms with E-state index in [0.29, 0.717) is 28.5 Å². The topological polar surface area (TPSA) is 57.6 Å². The molecular weight excluding hydrogens is 398 g/mol. The molecule has 1 saturated heterocycles. The zero-order valence-corrected chi connectivity index (χ0v) is 16.6. The number of nitrogens with one attached hydrogen (secondary N) is 1. The van der Waals surface area contributed by atoms with Crippen molar-refractivity contribution in [2.45, 2.75) is 18.3 Å². The number of pyridine rings is 1. The maximum Gasteiger partial charge on any atom is 0.237 e. The van der Waals surface area contributed by atoms with Crippen LogP contribution in [0.1, 0.15) is 29.4 Å². The Morgan fingerprint density at radius 1 is 1.10 bits per heavy atom. The maximum atomic E-state index is 14.8. The van der Waals surface area contributed by atoms with Gasteiger partial charge in [0.25, 0.3) is 0 Å². The lowest BCUT2D eigenvalue weighted by atomic mass is 10.00. The molecule has 5 rings (SSSR count). The molecule has 1 fully saturated rings. The molecule has 3 aromatic rings. The molecule has 0 bridgehead atoms. The van der Waals surface area contributed by atoms with Gasteiger partial charge >= 0.3 is 0 Å². The third-order valence-electron chi connectivity index (χ3n) is 5.90. The van der Waals surface area contributed by atoms with Crippen LogP contribution < -0.4 is 10.2 Å². The van der Waals surface area contributed by atoms with Crippen LogP contribution in [0, 0.1) is 11.6 Å². The number of rotatable bonds is 4. The van der Waals surface area contributed by atoms with Crippen molar-refractivity contribution in [2.75, 3.05) is 23.3 Å². The maximum absolute atomic E-state index is 14.8. The second kappa shape index (κ2) is 7.91. The first-order chi connectivity index (χ1) is 15.1. The quantitative estimate of drug-likeness (QED) is 0.620. The summed E-state index contributed by atoms with van der Waals surface area (Å²) in [6, 6.07) is 13.0. The van der Waals surface area contributed by atoms with E-state index in [9.17, 15) is 13.6 Å². The first-order valence-corrected chi connectivity index (χ1v) is 10.2. The van der Waals surface area contributed by atoms with Crippen molar-refractivity contribution >= 4 is 29.2 Å². The summed E-state index contributed by atoms with van der Waals surface area (Å²) in [6.07, 6.45) is 6.00. The predicted molar refractivity (Wildman–Crippen MR) is 116 cm³/mol. The van der Waals surface area contributed by atoms with Crippen molar-refractivity contribution in [2.24, 2.45) is 4.99 Å². The first-order valence-electron chi connectivity index (χ1n) is 10.2. The van der Waals surface area contributed by atoms with E-state index in [-0.39, 0.29) is 11.7 Å². The zero-order chi connectivity index (χ0) is 21.4. The second-order valence-electron chi connectivity index (χ2n) is 7.82. The van der Waals surface area contributed by atoms with Gasteiger partial charge in [0.15, 0.2) is 0 Å².